The number of anilines is 2. The molecule has 180 valence electrons. The van der Waals surface area contributed by atoms with E-state index >= 15 is 0 Å². The zero-order valence-electron chi connectivity index (χ0n) is 19.9. The molecule has 4 aromatic rings. The lowest BCUT2D eigenvalue weighted by molar-refractivity contribution is 0.0944. The highest BCUT2D eigenvalue weighted by molar-refractivity contribution is 5.63. The molecule has 0 amide bonds. The summed E-state index contributed by atoms with van der Waals surface area (Å²) in [6, 6.07) is 8.30. The number of nitrogens with zero attached hydrogens (tertiary/aromatic N) is 6. The van der Waals surface area contributed by atoms with Gasteiger partial charge in [-0.05, 0) is 50.7 Å². The minimum Gasteiger partial charge on any atom is -0.389 e. The van der Waals surface area contributed by atoms with Crippen LogP contribution in [0, 0.1) is 5.92 Å². The fourth-order valence-corrected chi connectivity index (χ4v) is 4.08. The molecule has 1 aromatic carbocycles. The predicted molar refractivity (Wildman–Crippen MR) is 131 cm³/mol. The van der Waals surface area contributed by atoms with E-state index in [2.05, 4.69) is 61.6 Å². The van der Waals surface area contributed by atoms with Crippen LogP contribution in [-0.4, -0.2) is 47.3 Å². The molecule has 0 saturated heterocycles. The molecule has 1 unspecified atom stereocenters. The summed E-state index contributed by atoms with van der Waals surface area (Å²) < 4.78 is 5.60. The third-order valence-corrected chi connectivity index (χ3v) is 6.35. The van der Waals surface area contributed by atoms with Gasteiger partial charge < -0.3 is 20.7 Å². The van der Waals surface area contributed by atoms with Crippen LogP contribution in [0.25, 0.3) is 22.7 Å². The molecule has 10 nitrogen and oxygen atoms in total. The molecule has 0 radical (unpaired) electrons. The number of rotatable bonds is 8. The number of aromatic nitrogens is 6. The van der Waals surface area contributed by atoms with Crippen LogP contribution in [0.3, 0.4) is 0 Å². The van der Waals surface area contributed by atoms with Crippen LogP contribution < -0.4 is 11.1 Å². The number of hydrogen-bond donors (Lipinski definition) is 3. The molecule has 1 aliphatic carbocycles. The van der Waals surface area contributed by atoms with Crippen molar-refractivity contribution in [1.82, 2.24) is 30.1 Å². The van der Waals surface area contributed by atoms with E-state index in [4.69, 9.17) is 15.2 Å². The molecule has 5 rings (SSSR count). The molecule has 1 fully saturated rings. The van der Waals surface area contributed by atoms with E-state index in [-0.39, 0.29) is 11.4 Å². The molecular weight excluding hydrogens is 444 g/mol. The van der Waals surface area contributed by atoms with Gasteiger partial charge in [-0.1, -0.05) is 29.4 Å². The lowest BCUT2D eigenvalue weighted by atomic mass is 9.77. The molecule has 3 aromatic heterocycles. The van der Waals surface area contributed by atoms with Gasteiger partial charge in [-0.25, -0.2) is 19.9 Å². The van der Waals surface area contributed by atoms with Crippen LogP contribution in [0.1, 0.15) is 45.0 Å². The summed E-state index contributed by atoms with van der Waals surface area (Å²) in [6.45, 7) is 5.96. The summed E-state index contributed by atoms with van der Waals surface area (Å²) >= 11 is 0. The van der Waals surface area contributed by atoms with Crippen molar-refractivity contribution in [2.75, 3.05) is 17.6 Å². The van der Waals surface area contributed by atoms with Crippen LogP contribution in [0.2, 0.25) is 0 Å². The monoisotopic (exact) mass is 472 g/mol. The van der Waals surface area contributed by atoms with Gasteiger partial charge >= 0.3 is 0 Å². The molecule has 1 atom stereocenters. The Bertz CT molecular complexity index is 1290. The van der Waals surface area contributed by atoms with Crippen LogP contribution in [0.5, 0.6) is 0 Å². The van der Waals surface area contributed by atoms with Crippen molar-refractivity contribution in [3.8, 4) is 22.7 Å². The van der Waals surface area contributed by atoms with Crippen molar-refractivity contribution in [2.45, 2.75) is 44.6 Å². The summed E-state index contributed by atoms with van der Waals surface area (Å²) in [5.41, 5.74) is 7.89. The maximum absolute atomic E-state index is 9.86. The fraction of sp³-hybridized carbons (Fsp3) is 0.360. The van der Waals surface area contributed by atoms with Crippen LogP contribution in [-0.2, 0) is 5.41 Å². The normalized spacial score (nSPS) is 15.5. The SMILES string of the molecule is CC(C)(O)CNc1cnc(-c2nc(C(C)(c3ccc(-c4cnc(N)nc4)cc3)C3CC3)no2)cn1. The zero-order chi connectivity index (χ0) is 24.6. The van der Waals surface area contributed by atoms with Gasteiger partial charge in [0.15, 0.2) is 5.82 Å². The smallest absolute Gasteiger partial charge is 0.278 e. The summed E-state index contributed by atoms with van der Waals surface area (Å²) in [5.74, 6) is 2.20. The van der Waals surface area contributed by atoms with Gasteiger partial charge in [0.05, 0.1) is 23.4 Å². The van der Waals surface area contributed by atoms with Gasteiger partial charge in [0.1, 0.15) is 11.5 Å². The average molecular weight is 473 g/mol. The first kappa shape index (κ1) is 22.9. The van der Waals surface area contributed by atoms with E-state index in [0.29, 0.717) is 35.7 Å². The largest absolute Gasteiger partial charge is 0.389 e. The Morgan fingerprint density at radius 2 is 1.69 bits per heavy atom. The second-order valence-corrected chi connectivity index (χ2v) is 9.76. The second kappa shape index (κ2) is 8.70. The maximum Gasteiger partial charge on any atom is 0.278 e. The van der Waals surface area contributed by atoms with E-state index in [9.17, 15) is 5.11 Å². The first-order valence-electron chi connectivity index (χ1n) is 11.5. The predicted octanol–water partition coefficient (Wildman–Crippen LogP) is 3.46. The third-order valence-electron chi connectivity index (χ3n) is 6.35. The number of nitrogens with one attached hydrogen (secondary N) is 1. The number of hydrogen-bond acceptors (Lipinski definition) is 10. The molecule has 1 aliphatic rings. The van der Waals surface area contributed by atoms with Crippen molar-refractivity contribution in [1.29, 1.82) is 0 Å². The number of benzene rings is 1. The van der Waals surface area contributed by atoms with Crippen molar-refractivity contribution >= 4 is 11.8 Å². The van der Waals surface area contributed by atoms with E-state index in [1.54, 1.807) is 38.6 Å². The third kappa shape index (κ3) is 4.83. The molecule has 0 aliphatic heterocycles. The molecule has 4 N–H and O–H groups in total. The molecule has 3 heterocycles. The van der Waals surface area contributed by atoms with Gasteiger partial charge in [-0.2, -0.15) is 4.98 Å². The van der Waals surface area contributed by atoms with E-state index < -0.39 is 5.60 Å². The Labute approximate surface area is 203 Å². The average Bonchev–Trinajstić information content (AvgIpc) is 3.60. The van der Waals surface area contributed by atoms with Crippen molar-refractivity contribution in [3.05, 3.63) is 60.4 Å². The van der Waals surface area contributed by atoms with Crippen LogP contribution in [0.15, 0.2) is 53.6 Å². The molecular formula is C25H28N8O2. The van der Waals surface area contributed by atoms with E-state index in [1.807, 2.05) is 0 Å². The lowest BCUT2D eigenvalue weighted by Crippen LogP contribution is -2.29. The molecule has 35 heavy (non-hydrogen) atoms. The Hall–Kier alpha value is -3.92. The molecule has 0 bridgehead atoms. The summed E-state index contributed by atoms with van der Waals surface area (Å²) in [4.78, 5) is 21.6. The van der Waals surface area contributed by atoms with Crippen molar-refractivity contribution in [3.63, 3.8) is 0 Å². The van der Waals surface area contributed by atoms with E-state index in [0.717, 1.165) is 29.5 Å². The Morgan fingerprint density at radius 3 is 2.29 bits per heavy atom. The second-order valence-electron chi connectivity index (χ2n) is 9.76. The molecule has 10 heteroatoms. The minimum atomic E-state index is -0.851. The van der Waals surface area contributed by atoms with Gasteiger partial charge in [0.2, 0.25) is 5.95 Å². The maximum atomic E-state index is 9.86. The highest BCUT2D eigenvalue weighted by Gasteiger charge is 2.47. The summed E-state index contributed by atoms with van der Waals surface area (Å²) in [5, 5.41) is 17.3. The lowest BCUT2D eigenvalue weighted by Gasteiger charge is -2.27. The minimum absolute atomic E-state index is 0.254. The van der Waals surface area contributed by atoms with Gasteiger partial charge in [0, 0.05) is 24.5 Å². The first-order chi connectivity index (χ1) is 16.7. The number of aliphatic hydroxyl groups is 1. The van der Waals surface area contributed by atoms with Crippen LogP contribution in [0.4, 0.5) is 11.8 Å². The summed E-state index contributed by atoms with van der Waals surface area (Å²) in [6.07, 6.45) is 8.82. The molecule has 1 saturated carbocycles. The highest BCUT2D eigenvalue weighted by atomic mass is 16.5. The van der Waals surface area contributed by atoms with Crippen molar-refractivity contribution < 1.29 is 9.63 Å². The van der Waals surface area contributed by atoms with E-state index in [1.165, 1.54) is 0 Å². The zero-order valence-corrected chi connectivity index (χ0v) is 19.9. The first-order valence-corrected chi connectivity index (χ1v) is 11.5. The summed E-state index contributed by atoms with van der Waals surface area (Å²) in [7, 11) is 0. The van der Waals surface area contributed by atoms with Crippen LogP contribution >= 0.6 is 0 Å². The Morgan fingerprint density at radius 1 is 0.971 bits per heavy atom. The number of nitrogens with two attached hydrogens (primary N) is 1. The van der Waals surface area contributed by atoms with Gasteiger partial charge in [-0.15, -0.1) is 0 Å². The fourth-order valence-electron chi connectivity index (χ4n) is 4.08. The Kier molecular flexibility index (Phi) is 5.68. The number of nitrogen functional groups attached to an aromatic ring is 1. The van der Waals surface area contributed by atoms with Crippen molar-refractivity contribution in [2.24, 2.45) is 5.92 Å². The quantitative estimate of drug-likeness (QED) is 0.348. The topological polar surface area (TPSA) is 149 Å². The Balaban J connectivity index is 1.38. The van der Waals surface area contributed by atoms with Gasteiger partial charge in [0.25, 0.3) is 5.89 Å². The molecule has 0 spiro atoms. The highest BCUT2D eigenvalue weighted by Crippen LogP contribution is 2.50. The van der Waals surface area contributed by atoms with Gasteiger partial charge in [-0.3, -0.25) is 0 Å². The standard InChI is InChI=1S/C25H28N8O2/c1-24(2,34)14-31-20-13-27-19(12-28-20)21-32-22(33-35-21)25(3,18-8-9-18)17-6-4-15(5-7-17)16-10-29-23(26)30-11-16/h4-7,10-13,18,34H,8-9,14H2,1-3H3,(H,28,31)(H2,26,29,30).